The predicted octanol–water partition coefficient (Wildman–Crippen LogP) is 2.06. The minimum Gasteiger partial charge on any atom is -0.507 e. The maximum atomic E-state index is 12.2. The van der Waals surface area contributed by atoms with Crippen LogP contribution in [0.15, 0.2) is 23.4 Å². The molecule has 0 spiro atoms. The second kappa shape index (κ2) is 5.55. The number of halogens is 1. The van der Waals surface area contributed by atoms with Crippen LogP contribution in [0.5, 0.6) is 5.75 Å². The number of likely N-dealkylation sites (tertiary alicyclic amines) is 1. The van der Waals surface area contributed by atoms with E-state index in [-0.39, 0.29) is 11.7 Å². The first-order chi connectivity index (χ1) is 8.61. The lowest BCUT2D eigenvalue weighted by atomic mass is 10.1. The van der Waals surface area contributed by atoms with Crippen LogP contribution < -0.4 is 0 Å². The first kappa shape index (κ1) is 13.1. The molecule has 5 nitrogen and oxygen atoms in total. The van der Waals surface area contributed by atoms with Gasteiger partial charge in [0.2, 0.25) is 0 Å². The summed E-state index contributed by atoms with van der Waals surface area (Å²) in [4.78, 5) is 13.9. The highest BCUT2D eigenvalue weighted by Gasteiger charge is 2.23. The van der Waals surface area contributed by atoms with Gasteiger partial charge in [-0.25, -0.2) is 0 Å². The molecule has 0 unspecified atom stereocenters. The van der Waals surface area contributed by atoms with Crippen LogP contribution in [0.4, 0.5) is 0 Å². The summed E-state index contributed by atoms with van der Waals surface area (Å²) < 4.78 is 0.906. The van der Waals surface area contributed by atoms with Crippen molar-refractivity contribution in [1.82, 2.24) is 4.90 Å². The highest BCUT2D eigenvalue weighted by atomic mass is 127. The summed E-state index contributed by atoms with van der Waals surface area (Å²) >= 11 is 2.10. The third kappa shape index (κ3) is 2.74. The topological polar surface area (TPSA) is 73.1 Å². The number of hydrogen-bond acceptors (Lipinski definition) is 4. The van der Waals surface area contributed by atoms with Gasteiger partial charge >= 0.3 is 0 Å². The molecule has 1 saturated heterocycles. The fourth-order valence-electron chi connectivity index (χ4n) is 1.92. The van der Waals surface area contributed by atoms with Gasteiger partial charge in [0.15, 0.2) is 0 Å². The molecule has 96 valence electrons. The zero-order valence-corrected chi connectivity index (χ0v) is 11.8. The average molecular weight is 360 g/mol. The number of hydrogen-bond donors (Lipinski definition) is 2. The number of aromatic hydroxyl groups is 1. The molecule has 0 aromatic heterocycles. The van der Waals surface area contributed by atoms with Crippen LogP contribution in [0.1, 0.15) is 23.2 Å². The van der Waals surface area contributed by atoms with Crippen molar-refractivity contribution in [3.05, 3.63) is 27.3 Å². The molecule has 1 heterocycles. The number of piperidine rings is 1. The first-order valence-corrected chi connectivity index (χ1v) is 6.67. The number of amides is 1. The average Bonchev–Trinajstić information content (AvgIpc) is 2.41. The minimum absolute atomic E-state index is 0.00189. The van der Waals surface area contributed by atoms with Crippen LogP contribution in [0.3, 0.4) is 0 Å². The Morgan fingerprint density at radius 2 is 2.00 bits per heavy atom. The number of phenols is 1. The zero-order valence-electron chi connectivity index (χ0n) is 9.64. The number of nitrogens with zero attached hydrogens (tertiary/aromatic N) is 2. The number of phenolic OH excluding ortho intramolecular Hbond substituents is 1. The molecule has 0 bridgehead atoms. The van der Waals surface area contributed by atoms with Gasteiger partial charge in [0.1, 0.15) is 5.75 Å². The Morgan fingerprint density at radius 3 is 2.61 bits per heavy atom. The summed E-state index contributed by atoms with van der Waals surface area (Å²) in [5.74, 6) is -0.176. The van der Waals surface area contributed by atoms with Crippen molar-refractivity contribution >= 4 is 34.2 Å². The van der Waals surface area contributed by atoms with Crippen LogP contribution in [0.2, 0.25) is 0 Å². The van der Waals surface area contributed by atoms with E-state index in [0.717, 1.165) is 3.57 Å². The lowest BCUT2D eigenvalue weighted by Crippen LogP contribution is -2.38. The molecule has 2 N–H and O–H groups in total. The number of benzene rings is 1. The van der Waals surface area contributed by atoms with Crippen molar-refractivity contribution in [2.24, 2.45) is 5.16 Å². The van der Waals surface area contributed by atoms with Crippen molar-refractivity contribution < 1.29 is 15.1 Å². The lowest BCUT2D eigenvalue weighted by molar-refractivity contribution is 0.0750. The Hall–Kier alpha value is -1.31. The van der Waals surface area contributed by atoms with E-state index in [9.17, 15) is 9.90 Å². The lowest BCUT2D eigenvalue weighted by Gasteiger charge is -2.27. The largest absolute Gasteiger partial charge is 0.507 e. The monoisotopic (exact) mass is 360 g/mol. The number of carbonyl (C=O) groups excluding carboxylic acids is 1. The van der Waals surface area contributed by atoms with E-state index in [1.54, 1.807) is 17.0 Å². The highest BCUT2D eigenvalue weighted by molar-refractivity contribution is 14.1. The summed E-state index contributed by atoms with van der Waals surface area (Å²) in [5.41, 5.74) is 1.04. The molecule has 1 aliphatic heterocycles. The second-order valence-corrected chi connectivity index (χ2v) is 5.37. The maximum absolute atomic E-state index is 12.2. The van der Waals surface area contributed by atoms with Crippen molar-refractivity contribution in [2.45, 2.75) is 12.8 Å². The maximum Gasteiger partial charge on any atom is 0.257 e. The minimum atomic E-state index is -0.178. The highest BCUT2D eigenvalue weighted by Crippen LogP contribution is 2.22. The summed E-state index contributed by atoms with van der Waals surface area (Å²) in [6.07, 6.45) is 1.15. The summed E-state index contributed by atoms with van der Waals surface area (Å²) in [5, 5.41) is 21.6. The van der Waals surface area contributed by atoms with E-state index < -0.39 is 0 Å². The van der Waals surface area contributed by atoms with E-state index in [1.807, 2.05) is 0 Å². The molecule has 1 amide bonds. The molecule has 0 atom stereocenters. The molecule has 1 fully saturated rings. The zero-order chi connectivity index (χ0) is 13.1. The smallest absolute Gasteiger partial charge is 0.257 e. The molecular formula is C12H13IN2O3. The fraction of sp³-hybridized carbons (Fsp3) is 0.333. The summed E-state index contributed by atoms with van der Waals surface area (Å²) in [7, 11) is 0. The van der Waals surface area contributed by atoms with E-state index in [0.29, 0.717) is 37.2 Å². The number of oxime groups is 1. The van der Waals surface area contributed by atoms with Gasteiger partial charge in [-0.1, -0.05) is 5.16 Å². The predicted molar refractivity (Wildman–Crippen MR) is 75.2 cm³/mol. The Morgan fingerprint density at radius 1 is 1.33 bits per heavy atom. The van der Waals surface area contributed by atoms with E-state index in [1.165, 1.54) is 6.07 Å². The molecule has 1 aliphatic rings. The fourth-order valence-corrected chi connectivity index (χ4v) is 2.41. The Kier molecular flexibility index (Phi) is 4.05. The van der Waals surface area contributed by atoms with Gasteiger partial charge in [-0.3, -0.25) is 4.79 Å². The summed E-state index contributed by atoms with van der Waals surface area (Å²) in [6.45, 7) is 1.03. The van der Waals surface area contributed by atoms with Crippen molar-refractivity contribution in [3.63, 3.8) is 0 Å². The first-order valence-electron chi connectivity index (χ1n) is 5.59. The van der Waals surface area contributed by atoms with Crippen molar-refractivity contribution in [2.75, 3.05) is 13.1 Å². The van der Waals surface area contributed by atoms with E-state index in [4.69, 9.17) is 5.21 Å². The van der Waals surface area contributed by atoms with Gasteiger partial charge in [0.05, 0.1) is 11.3 Å². The second-order valence-electron chi connectivity index (χ2n) is 4.12. The standard InChI is InChI=1S/C12H13IN2O3/c13-8-1-2-11(16)10(7-8)12(17)15-5-3-9(14-18)4-6-15/h1-2,7,16,18H,3-6H2. The van der Waals surface area contributed by atoms with Gasteiger partial charge in [-0.15, -0.1) is 0 Å². The molecule has 2 rings (SSSR count). The quantitative estimate of drug-likeness (QED) is 0.458. The Labute approximate surface area is 118 Å². The third-order valence-electron chi connectivity index (χ3n) is 2.96. The molecule has 0 radical (unpaired) electrons. The third-order valence-corrected chi connectivity index (χ3v) is 3.63. The molecule has 18 heavy (non-hydrogen) atoms. The van der Waals surface area contributed by atoms with Crippen LogP contribution in [-0.2, 0) is 0 Å². The van der Waals surface area contributed by atoms with Crippen molar-refractivity contribution in [3.8, 4) is 5.75 Å². The van der Waals surface area contributed by atoms with E-state index >= 15 is 0 Å². The van der Waals surface area contributed by atoms with Crippen LogP contribution in [0.25, 0.3) is 0 Å². The Bertz CT molecular complexity index is 492. The van der Waals surface area contributed by atoms with Gasteiger partial charge < -0.3 is 15.2 Å². The van der Waals surface area contributed by atoms with Gasteiger partial charge in [0.25, 0.3) is 5.91 Å². The molecule has 0 aliphatic carbocycles. The normalized spacial score (nSPS) is 15.6. The van der Waals surface area contributed by atoms with Crippen LogP contribution in [0, 0.1) is 3.57 Å². The molecule has 1 aromatic carbocycles. The van der Waals surface area contributed by atoms with Crippen molar-refractivity contribution in [1.29, 1.82) is 0 Å². The van der Waals surface area contributed by atoms with E-state index in [2.05, 4.69) is 27.7 Å². The number of carbonyl (C=O) groups is 1. The molecular weight excluding hydrogens is 347 g/mol. The Balaban J connectivity index is 2.15. The SMILES string of the molecule is O=C(c1cc(I)ccc1O)N1CCC(=NO)CC1. The molecule has 1 aromatic rings. The van der Waals surface area contributed by atoms with Gasteiger partial charge in [-0.05, 0) is 40.8 Å². The molecule has 6 heteroatoms. The van der Waals surface area contributed by atoms with Crippen LogP contribution in [-0.4, -0.2) is 39.9 Å². The molecule has 0 saturated carbocycles. The van der Waals surface area contributed by atoms with Crippen LogP contribution >= 0.6 is 22.6 Å². The van der Waals surface area contributed by atoms with Gasteiger partial charge in [0, 0.05) is 29.5 Å². The number of rotatable bonds is 1. The summed E-state index contributed by atoms with van der Waals surface area (Å²) in [6, 6.07) is 4.95. The van der Waals surface area contributed by atoms with Gasteiger partial charge in [-0.2, -0.15) is 0 Å².